The minimum Gasteiger partial charge on any atom is -0.479 e. The van der Waals surface area contributed by atoms with Crippen LogP contribution in [0.3, 0.4) is 0 Å². The molecule has 0 aromatic heterocycles. The molecular weight excluding hydrogens is 997 g/mol. The molecule has 79 heavy (non-hydrogen) atoms. The van der Waals surface area contributed by atoms with E-state index >= 15 is 0 Å². The number of carbonyl (C=O) groups excluding carboxylic acids is 3. The van der Waals surface area contributed by atoms with Crippen molar-refractivity contribution in [3.8, 4) is 0 Å². The maximum absolute atomic E-state index is 13.2. The van der Waals surface area contributed by atoms with Crippen LogP contribution in [0.4, 0.5) is 0 Å². The summed E-state index contributed by atoms with van der Waals surface area (Å²) in [4.78, 5) is 51.2. The van der Waals surface area contributed by atoms with Gasteiger partial charge in [-0.25, -0.2) is 4.79 Å². The van der Waals surface area contributed by atoms with Crippen LogP contribution >= 0.6 is 0 Å². The summed E-state index contributed by atoms with van der Waals surface area (Å²) in [5.41, 5.74) is 0. The van der Waals surface area contributed by atoms with Gasteiger partial charge < -0.3 is 39.0 Å². The van der Waals surface area contributed by atoms with Crippen molar-refractivity contribution in [1.29, 1.82) is 0 Å². The maximum Gasteiger partial charge on any atom is 0.335 e. The number of unbranched alkanes of at least 4 members (excludes halogenated alkanes) is 22. The van der Waals surface area contributed by atoms with Gasteiger partial charge in [-0.3, -0.25) is 14.4 Å². The molecule has 6 atom stereocenters. The quantitative estimate of drug-likeness (QED) is 0.0228. The average Bonchev–Trinajstić information content (AvgIpc) is 3.47. The summed E-state index contributed by atoms with van der Waals surface area (Å²) in [5, 5.41) is 31.5. The van der Waals surface area contributed by atoms with Crippen molar-refractivity contribution in [3.63, 3.8) is 0 Å². The van der Waals surface area contributed by atoms with Crippen LogP contribution in [0.15, 0.2) is 97.2 Å². The van der Waals surface area contributed by atoms with Crippen LogP contribution in [-0.4, -0.2) is 89.2 Å². The summed E-state index contributed by atoms with van der Waals surface area (Å²) >= 11 is 0. The number of ether oxygens (including phenoxy) is 5. The highest BCUT2D eigenvalue weighted by Crippen LogP contribution is 2.26. The third kappa shape index (κ3) is 44.0. The van der Waals surface area contributed by atoms with E-state index in [0.29, 0.717) is 19.3 Å². The first-order valence-electron chi connectivity index (χ1n) is 31.2. The van der Waals surface area contributed by atoms with Crippen LogP contribution in [0, 0.1) is 0 Å². The molecule has 6 unspecified atom stereocenters. The van der Waals surface area contributed by atoms with E-state index < -0.39 is 67.3 Å². The molecular formula is C67H110O12. The molecule has 0 amide bonds. The lowest BCUT2D eigenvalue weighted by molar-refractivity contribution is -0.301. The minimum atomic E-state index is -1.91. The van der Waals surface area contributed by atoms with Crippen molar-refractivity contribution in [2.45, 2.75) is 289 Å². The molecule has 12 nitrogen and oxygen atoms in total. The van der Waals surface area contributed by atoms with E-state index in [0.717, 1.165) is 173 Å². The number of carbonyl (C=O) groups is 4. The van der Waals surface area contributed by atoms with Crippen molar-refractivity contribution < 1.29 is 58.2 Å². The van der Waals surface area contributed by atoms with Gasteiger partial charge in [0.25, 0.3) is 0 Å². The number of carboxylic acid groups (broad SMARTS) is 1. The number of carboxylic acids is 1. The second-order valence-corrected chi connectivity index (χ2v) is 20.9. The summed E-state index contributed by atoms with van der Waals surface area (Å²) in [5.74, 6) is -3.17. The summed E-state index contributed by atoms with van der Waals surface area (Å²) in [6.45, 7) is 5.77. The van der Waals surface area contributed by atoms with Crippen LogP contribution in [0.1, 0.15) is 252 Å². The van der Waals surface area contributed by atoms with Gasteiger partial charge >= 0.3 is 23.9 Å². The first kappa shape index (κ1) is 72.7. The second-order valence-electron chi connectivity index (χ2n) is 20.9. The van der Waals surface area contributed by atoms with Gasteiger partial charge in [0.2, 0.25) is 0 Å². The maximum atomic E-state index is 13.2. The zero-order valence-corrected chi connectivity index (χ0v) is 49.6. The Labute approximate surface area is 479 Å². The molecule has 0 aromatic carbocycles. The molecule has 0 aromatic rings. The Balaban J connectivity index is 2.68. The van der Waals surface area contributed by atoms with Crippen LogP contribution in [0.2, 0.25) is 0 Å². The fraction of sp³-hybridized carbons (Fsp3) is 0.701. The van der Waals surface area contributed by atoms with Crippen molar-refractivity contribution in [2.24, 2.45) is 0 Å². The van der Waals surface area contributed by atoms with Gasteiger partial charge in [0.1, 0.15) is 18.8 Å². The van der Waals surface area contributed by atoms with Gasteiger partial charge in [-0.1, -0.05) is 214 Å². The highest BCUT2D eigenvalue weighted by molar-refractivity contribution is 5.74. The smallest absolute Gasteiger partial charge is 0.335 e. The van der Waals surface area contributed by atoms with Gasteiger partial charge in [0, 0.05) is 19.3 Å². The predicted octanol–water partition coefficient (Wildman–Crippen LogP) is 16.5. The summed E-state index contributed by atoms with van der Waals surface area (Å²) < 4.78 is 28.5. The number of aliphatic carboxylic acids is 1. The number of esters is 3. The lowest BCUT2D eigenvalue weighted by Gasteiger charge is -2.40. The van der Waals surface area contributed by atoms with E-state index in [1.807, 2.05) is 0 Å². The molecule has 12 heteroatoms. The van der Waals surface area contributed by atoms with Gasteiger partial charge in [-0.2, -0.15) is 0 Å². The highest BCUT2D eigenvalue weighted by Gasteiger charge is 2.50. The molecule has 1 fully saturated rings. The molecule has 1 heterocycles. The Hall–Kier alpha value is -4.36. The van der Waals surface area contributed by atoms with E-state index in [1.54, 1.807) is 0 Å². The third-order valence-electron chi connectivity index (χ3n) is 13.6. The summed E-state index contributed by atoms with van der Waals surface area (Å²) in [7, 11) is 0. The molecule has 0 bridgehead atoms. The van der Waals surface area contributed by atoms with Crippen molar-refractivity contribution in [3.05, 3.63) is 97.2 Å². The van der Waals surface area contributed by atoms with E-state index in [2.05, 4.69) is 118 Å². The Morgan fingerprint density at radius 1 is 0.430 bits per heavy atom. The summed E-state index contributed by atoms with van der Waals surface area (Å²) in [6, 6.07) is 0. The zero-order valence-electron chi connectivity index (χ0n) is 49.6. The van der Waals surface area contributed by atoms with Crippen LogP contribution in [0.25, 0.3) is 0 Å². The van der Waals surface area contributed by atoms with Gasteiger partial charge in [0.15, 0.2) is 24.6 Å². The van der Waals surface area contributed by atoms with Crippen molar-refractivity contribution >= 4 is 23.9 Å². The SMILES string of the molecule is CC/C=C\C/C=C\C/C=C\C/C=C\CCCCCCCCC(=O)OCC(COC1OC(C(=O)O)C(O)C(O)C1OC(=O)CCCCCCCCC/C=C\C/C=C\CCCCC)OC(=O)CCCCCCC/C=C\C/C=C\CCC. The number of aliphatic hydroxyl groups excluding tert-OH is 2. The lowest BCUT2D eigenvalue weighted by atomic mass is 9.98. The Bertz CT molecular complexity index is 1740. The normalized spacial score (nSPS) is 18.5. The molecule has 450 valence electrons. The number of hydrogen-bond donors (Lipinski definition) is 3. The topological polar surface area (TPSA) is 175 Å². The monoisotopic (exact) mass is 1110 g/mol. The molecule has 0 saturated carbocycles. The number of hydrogen-bond acceptors (Lipinski definition) is 11. The highest BCUT2D eigenvalue weighted by atomic mass is 16.7. The average molecular weight is 1110 g/mol. The third-order valence-corrected chi connectivity index (χ3v) is 13.6. The van der Waals surface area contributed by atoms with E-state index in [-0.39, 0.29) is 25.9 Å². The molecule has 1 aliphatic heterocycles. The molecule has 0 spiro atoms. The molecule has 0 radical (unpaired) electrons. The Morgan fingerprint density at radius 2 is 0.823 bits per heavy atom. The minimum absolute atomic E-state index is 0.0448. The lowest BCUT2D eigenvalue weighted by Crippen LogP contribution is -2.61. The predicted molar refractivity (Wildman–Crippen MR) is 321 cm³/mol. The molecule has 1 aliphatic rings. The number of rotatable bonds is 52. The van der Waals surface area contributed by atoms with Crippen LogP contribution in [0.5, 0.6) is 0 Å². The van der Waals surface area contributed by atoms with Crippen molar-refractivity contribution in [2.75, 3.05) is 13.2 Å². The largest absolute Gasteiger partial charge is 0.479 e. The first-order chi connectivity index (χ1) is 38.6. The van der Waals surface area contributed by atoms with Crippen LogP contribution < -0.4 is 0 Å². The molecule has 1 rings (SSSR count). The second kappa shape index (κ2) is 54.2. The number of aliphatic hydroxyl groups is 2. The van der Waals surface area contributed by atoms with E-state index in [9.17, 15) is 34.5 Å². The van der Waals surface area contributed by atoms with Gasteiger partial charge in [-0.15, -0.1) is 0 Å². The van der Waals surface area contributed by atoms with E-state index in [4.69, 9.17) is 23.7 Å². The Morgan fingerprint density at radius 3 is 1.27 bits per heavy atom. The molecule has 1 saturated heterocycles. The fourth-order valence-corrected chi connectivity index (χ4v) is 8.84. The van der Waals surface area contributed by atoms with Gasteiger partial charge in [0.05, 0.1) is 6.61 Å². The fourth-order valence-electron chi connectivity index (χ4n) is 8.84. The van der Waals surface area contributed by atoms with E-state index in [1.165, 1.54) is 19.3 Å². The van der Waals surface area contributed by atoms with Gasteiger partial charge in [-0.05, 0) is 116 Å². The number of allylic oxidation sites excluding steroid dienone is 16. The van der Waals surface area contributed by atoms with Crippen LogP contribution in [-0.2, 0) is 42.9 Å². The standard InChI is InChI=1S/C67H110O12/c1-4-7-10-13-16-19-22-25-27-29-30-32-33-36-38-41-44-47-50-53-59(68)75-56-58(77-60(69)54-51-48-45-42-39-35-24-21-18-15-12-9-6-3)57-76-67-65(63(72)62(71)64(79-67)66(73)74)78-61(70)55-52-49-46-43-40-37-34-31-28-26-23-20-17-14-11-8-5-2/h7,10,12,15-17,19-21,24-28,30,32,58,62-65,67,71-72H,4-6,8-9,11,13-14,18,22-23,29,31,33-57H2,1-3H3,(H,73,74)/b10-7-,15-12-,19-16-,20-17-,24-21-,27-25-,28-26-,32-30-. The summed E-state index contributed by atoms with van der Waals surface area (Å²) in [6.07, 6.45) is 59.3. The molecule has 3 N–H and O–H groups in total. The molecule has 0 aliphatic carbocycles. The Kier molecular flexibility index (Phi) is 49.9. The first-order valence-corrected chi connectivity index (χ1v) is 31.2. The van der Waals surface area contributed by atoms with Crippen molar-refractivity contribution in [1.82, 2.24) is 0 Å². The zero-order chi connectivity index (χ0) is 57.5.